The number of carbonyl (C=O) groups excluding carboxylic acids is 4. The van der Waals surface area contributed by atoms with Crippen molar-refractivity contribution in [3.63, 3.8) is 0 Å². The number of fused-ring (bicyclic) bond motifs is 4. The second kappa shape index (κ2) is 19.0. The van der Waals surface area contributed by atoms with Crippen molar-refractivity contribution in [3.05, 3.63) is 191 Å². The Bertz CT molecular complexity index is 3180. The van der Waals surface area contributed by atoms with Crippen LogP contribution in [0, 0.1) is 17.8 Å². The number of likely N-dealkylation sites (tertiary alicyclic amines) is 1. The van der Waals surface area contributed by atoms with Crippen LogP contribution in [0.5, 0.6) is 5.75 Å². The largest absolute Gasteiger partial charge is 0.508 e. The number of esters is 1. The van der Waals surface area contributed by atoms with Gasteiger partial charge in [-0.05, 0) is 90.0 Å². The predicted octanol–water partition coefficient (Wildman–Crippen LogP) is 9.12. The molecular weight excluding hydrogens is 891 g/mol. The number of nitrogens with one attached hydrogen (secondary N) is 1. The second-order valence-electron chi connectivity index (χ2n) is 18.9. The molecule has 5 heterocycles. The number of ether oxygens (including phenoxy) is 1. The quantitative estimate of drug-likeness (QED) is 0.118. The Morgan fingerprint density at radius 3 is 2.13 bits per heavy atom. The number of cyclic esters (lactones) is 1. The Morgan fingerprint density at radius 2 is 1.41 bits per heavy atom. The summed E-state index contributed by atoms with van der Waals surface area (Å²) in [7, 11) is 0. The first kappa shape index (κ1) is 45.4. The number of morpholine rings is 1. The van der Waals surface area contributed by atoms with E-state index in [0.29, 0.717) is 29.8 Å². The van der Waals surface area contributed by atoms with Gasteiger partial charge in [0.1, 0.15) is 35.4 Å². The van der Waals surface area contributed by atoms with Crippen LogP contribution in [0.15, 0.2) is 158 Å². The monoisotopic (exact) mass is 943 g/mol. The predicted molar refractivity (Wildman–Crippen MR) is 267 cm³/mol. The molecule has 3 saturated heterocycles. The zero-order valence-electron chi connectivity index (χ0n) is 39.3. The van der Waals surface area contributed by atoms with E-state index in [1.54, 1.807) is 41.1 Å². The molecule has 7 atom stereocenters. The summed E-state index contributed by atoms with van der Waals surface area (Å²) >= 11 is 0. The molecule has 0 radical (unpaired) electrons. The standard InChI is InChI=1S/C58H53N7O6/c1-38(40-20-8-5-9-21-40)59-57(70)64-47-33-28-39(19-18-36-63-48-27-15-14-26-46(48)60-61-63)37-45(47)58(56(64)69)49(54(67)62-34-16-3-2-4-17-35-62)51-55(68)71-52(42-24-12-7-13-25-42)50(41-22-10-6-11-23-41)65(51)53(58)43-29-31-44(66)32-30-43/h5-15,20-33,37-38,49-53,66H,2-4,16-17,34-36H2,1H3,(H,59,70). The topological polar surface area (TPSA) is 150 Å². The minimum atomic E-state index is -1.94. The van der Waals surface area contributed by atoms with E-state index in [2.05, 4.69) is 27.5 Å². The first-order chi connectivity index (χ1) is 34.7. The van der Waals surface area contributed by atoms with Gasteiger partial charge in [0, 0.05) is 18.7 Å². The molecule has 7 unspecified atom stereocenters. The van der Waals surface area contributed by atoms with Gasteiger partial charge in [-0.2, -0.15) is 0 Å². The molecule has 0 saturated carbocycles. The summed E-state index contributed by atoms with van der Waals surface area (Å²) in [5.74, 6) is 3.51. The summed E-state index contributed by atoms with van der Waals surface area (Å²) in [6.45, 7) is 2.94. The molecule has 4 aliphatic heterocycles. The third kappa shape index (κ3) is 7.98. The third-order valence-corrected chi connectivity index (χ3v) is 14.8. The number of urea groups is 1. The highest BCUT2D eigenvalue weighted by atomic mass is 16.6. The molecule has 0 bridgehead atoms. The number of anilines is 1. The summed E-state index contributed by atoms with van der Waals surface area (Å²) in [5.41, 5.74) is 3.73. The fourth-order valence-electron chi connectivity index (χ4n) is 11.6. The molecule has 4 amide bonds. The maximum Gasteiger partial charge on any atom is 0.329 e. The number of para-hydroxylation sites is 1. The van der Waals surface area contributed by atoms with Crippen molar-refractivity contribution in [2.75, 3.05) is 18.0 Å². The number of hydrogen-bond donors (Lipinski definition) is 2. The molecule has 2 N–H and O–H groups in total. The van der Waals surface area contributed by atoms with Gasteiger partial charge in [0.25, 0.3) is 0 Å². The van der Waals surface area contributed by atoms with Gasteiger partial charge in [-0.3, -0.25) is 19.3 Å². The van der Waals surface area contributed by atoms with Crippen molar-refractivity contribution in [3.8, 4) is 17.6 Å². The zero-order chi connectivity index (χ0) is 48.6. The SMILES string of the molecule is CC(NC(=O)N1C(=O)C2(c3cc(C#CCn4nnc5ccccc54)ccc31)C(C(=O)N1CCCCCCC1)C1C(=O)OC(c3ccccc3)C(c3ccccc3)N1C2c1ccc(O)cc1)c1ccccc1. The number of imide groups is 1. The number of aromatic nitrogens is 3. The summed E-state index contributed by atoms with van der Waals surface area (Å²) < 4.78 is 8.40. The van der Waals surface area contributed by atoms with Crippen LogP contribution in [0.1, 0.15) is 96.6 Å². The van der Waals surface area contributed by atoms with E-state index in [9.17, 15) is 5.11 Å². The molecular formula is C58H53N7O6. The molecule has 4 aliphatic rings. The number of benzene rings is 6. The van der Waals surface area contributed by atoms with E-state index in [0.717, 1.165) is 59.8 Å². The van der Waals surface area contributed by atoms with Crippen molar-refractivity contribution in [1.29, 1.82) is 0 Å². The molecule has 3 fully saturated rings. The number of phenolic OH excluding ortho intramolecular Hbond substituents is 1. The van der Waals surface area contributed by atoms with Gasteiger partial charge in [0.15, 0.2) is 0 Å². The second-order valence-corrected chi connectivity index (χ2v) is 18.9. The average molecular weight is 944 g/mol. The molecule has 13 nitrogen and oxygen atoms in total. The van der Waals surface area contributed by atoms with Crippen molar-refractivity contribution in [2.45, 2.75) is 81.3 Å². The number of phenols is 1. The van der Waals surface area contributed by atoms with Crippen molar-refractivity contribution >= 4 is 40.5 Å². The number of nitrogens with zero attached hydrogens (tertiary/aromatic N) is 6. The Morgan fingerprint density at radius 1 is 0.761 bits per heavy atom. The Hall–Kier alpha value is -8.08. The van der Waals surface area contributed by atoms with Crippen molar-refractivity contribution < 1.29 is 29.0 Å². The van der Waals surface area contributed by atoms with Crippen LogP contribution >= 0.6 is 0 Å². The highest BCUT2D eigenvalue weighted by Gasteiger charge is 2.76. The van der Waals surface area contributed by atoms with E-state index in [4.69, 9.17) is 4.74 Å². The first-order valence-electron chi connectivity index (χ1n) is 24.5. The van der Waals surface area contributed by atoms with Crippen LogP contribution in [0.25, 0.3) is 11.0 Å². The molecule has 356 valence electrons. The van der Waals surface area contributed by atoms with Gasteiger partial charge in [-0.15, -0.1) is 5.10 Å². The zero-order valence-corrected chi connectivity index (χ0v) is 39.3. The maximum atomic E-state index is 16.8. The molecule has 71 heavy (non-hydrogen) atoms. The summed E-state index contributed by atoms with van der Waals surface area (Å²) in [6, 6.07) is 44.0. The van der Waals surface area contributed by atoms with Gasteiger partial charge in [-0.1, -0.05) is 152 Å². The van der Waals surface area contributed by atoms with Gasteiger partial charge in [-0.25, -0.2) is 14.4 Å². The highest BCUT2D eigenvalue weighted by Crippen LogP contribution is 2.66. The van der Waals surface area contributed by atoms with Crippen LogP contribution < -0.4 is 10.2 Å². The number of rotatable bonds is 7. The molecule has 1 aromatic heterocycles. The minimum absolute atomic E-state index is 0.00259. The van der Waals surface area contributed by atoms with E-state index >= 15 is 19.2 Å². The Balaban J connectivity index is 1.17. The van der Waals surface area contributed by atoms with Gasteiger partial charge in [0.2, 0.25) is 11.8 Å². The lowest BCUT2D eigenvalue weighted by Gasteiger charge is -2.46. The third-order valence-electron chi connectivity index (χ3n) is 14.8. The lowest BCUT2D eigenvalue weighted by atomic mass is 9.64. The summed E-state index contributed by atoms with van der Waals surface area (Å²) in [6.07, 6.45) is 3.56. The normalized spacial score (nSPS) is 23.5. The van der Waals surface area contributed by atoms with Crippen LogP contribution in [0.3, 0.4) is 0 Å². The number of hydrogen-bond acceptors (Lipinski definition) is 9. The van der Waals surface area contributed by atoms with E-state index in [1.807, 2.05) is 138 Å². The molecule has 11 rings (SSSR count). The van der Waals surface area contributed by atoms with E-state index in [-0.39, 0.29) is 23.9 Å². The maximum absolute atomic E-state index is 16.8. The number of aromatic hydroxyl groups is 1. The lowest BCUT2D eigenvalue weighted by Crippen LogP contribution is -2.57. The molecule has 0 aliphatic carbocycles. The van der Waals surface area contributed by atoms with Crippen LogP contribution in [0.2, 0.25) is 0 Å². The average Bonchev–Trinajstić information content (AvgIpc) is 4.03. The van der Waals surface area contributed by atoms with Gasteiger partial charge >= 0.3 is 12.0 Å². The van der Waals surface area contributed by atoms with E-state index < -0.39 is 59.5 Å². The first-order valence-corrected chi connectivity index (χ1v) is 24.5. The molecule has 1 spiro atoms. The molecule has 13 heteroatoms. The van der Waals surface area contributed by atoms with Crippen LogP contribution in [-0.2, 0) is 31.1 Å². The molecule has 7 aromatic rings. The van der Waals surface area contributed by atoms with Crippen LogP contribution in [0.4, 0.5) is 10.5 Å². The van der Waals surface area contributed by atoms with Gasteiger partial charge in [0.05, 0.1) is 35.2 Å². The Labute approximate surface area is 412 Å². The lowest BCUT2D eigenvalue weighted by molar-refractivity contribution is -0.179. The van der Waals surface area contributed by atoms with Gasteiger partial charge < -0.3 is 20.1 Å². The summed E-state index contributed by atoms with van der Waals surface area (Å²) in [4.78, 5) is 68.9. The number of carbonyl (C=O) groups is 4. The smallest absolute Gasteiger partial charge is 0.329 e. The van der Waals surface area contributed by atoms with Crippen molar-refractivity contribution in [2.24, 2.45) is 5.92 Å². The summed E-state index contributed by atoms with van der Waals surface area (Å²) in [5, 5.41) is 22.6. The molecule has 6 aromatic carbocycles. The van der Waals surface area contributed by atoms with Crippen molar-refractivity contribution in [1.82, 2.24) is 30.1 Å². The minimum Gasteiger partial charge on any atom is -0.508 e. The highest BCUT2D eigenvalue weighted by molar-refractivity contribution is 6.24. The number of amides is 4. The van der Waals surface area contributed by atoms with E-state index in [1.165, 1.54) is 4.90 Å². The Kier molecular flexibility index (Phi) is 12.2. The fraction of sp³-hybridized carbons (Fsp3) is 0.276. The van der Waals surface area contributed by atoms with Crippen LogP contribution in [-0.4, -0.2) is 72.8 Å². The fourth-order valence-corrected chi connectivity index (χ4v) is 11.6.